The zero-order chi connectivity index (χ0) is 19.5. The number of pyridine rings is 1. The van der Waals surface area contributed by atoms with E-state index in [4.69, 9.17) is 10.1 Å². The van der Waals surface area contributed by atoms with Gasteiger partial charge in [-0.2, -0.15) is 9.78 Å². The number of nitrogens with zero attached hydrogens (tertiary/aromatic N) is 8. The molecule has 28 heavy (non-hydrogen) atoms. The average Bonchev–Trinajstić information content (AvgIpc) is 3.34. The second-order valence-corrected chi connectivity index (χ2v) is 6.80. The first-order chi connectivity index (χ1) is 13.7. The van der Waals surface area contributed by atoms with Gasteiger partial charge in [0.15, 0.2) is 23.3 Å². The van der Waals surface area contributed by atoms with Crippen LogP contribution in [0.1, 0.15) is 26.1 Å². The van der Waals surface area contributed by atoms with Crippen molar-refractivity contribution in [3.05, 3.63) is 54.9 Å². The minimum absolute atomic E-state index is 0.512. The molecule has 0 saturated heterocycles. The Labute approximate surface area is 163 Å². The Morgan fingerprint density at radius 3 is 2.50 bits per heavy atom. The molecule has 8 nitrogen and oxygen atoms in total. The van der Waals surface area contributed by atoms with Crippen LogP contribution in [0, 0.1) is 5.92 Å². The van der Waals surface area contributed by atoms with Gasteiger partial charge in [-0.3, -0.25) is 9.67 Å². The quantitative estimate of drug-likeness (QED) is 0.515. The van der Waals surface area contributed by atoms with Gasteiger partial charge in [-0.25, -0.2) is 15.0 Å². The molecule has 0 fully saturated rings. The van der Waals surface area contributed by atoms with Crippen molar-refractivity contribution in [3.8, 4) is 28.7 Å². The number of aromatic nitrogens is 8. The first-order valence-corrected chi connectivity index (χ1v) is 9.34. The van der Waals surface area contributed by atoms with Gasteiger partial charge in [0.1, 0.15) is 5.69 Å². The summed E-state index contributed by atoms with van der Waals surface area (Å²) in [6.45, 7) is 4.38. The molecule has 8 heteroatoms. The topological polar surface area (TPSA) is 87.2 Å². The Kier molecular flexibility index (Phi) is 4.92. The first-order valence-electron chi connectivity index (χ1n) is 9.34. The number of hydrogen-bond donors (Lipinski definition) is 0. The van der Waals surface area contributed by atoms with Crippen molar-refractivity contribution < 1.29 is 0 Å². The highest BCUT2D eigenvalue weighted by atomic mass is 15.4. The van der Waals surface area contributed by atoms with Gasteiger partial charge in [0.25, 0.3) is 0 Å². The van der Waals surface area contributed by atoms with E-state index in [1.807, 2.05) is 36.0 Å². The lowest BCUT2D eigenvalue weighted by molar-refractivity contribution is 0.541. The van der Waals surface area contributed by atoms with Crippen molar-refractivity contribution in [2.24, 2.45) is 13.0 Å². The molecule has 4 rings (SSSR count). The van der Waals surface area contributed by atoms with Crippen molar-refractivity contribution >= 4 is 0 Å². The summed E-state index contributed by atoms with van der Waals surface area (Å²) in [5.74, 6) is 3.44. The lowest BCUT2D eigenvalue weighted by atomic mass is 10.1. The number of rotatable bonds is 6. The van der Waals surface area contributed by atoms with E-state index in [1.165, 1.54) is 0 Å². The van der Waals surface area contributed by atoms with Crippen LogP contribution in [0.15, 0.2) is 49.1 Å². The molecule has 0 radical (unpaired) electrons. The lowest BCUT2D eigenvalue weighted by Crippen LogP contribution is -2.07. The lowest BCUT2D eigenvalue weighted by Gasteiger charge is -2.06. The molecule has 4 heterocycles. The van der Waals surface area contributed by atoms with Crippen molar-refractivity contribution in [1.82, 2.24) is 39.5 Å². The Morgan fingerprint density at radius 2 is 1.86 bits per heavy atom. The Bertz CT molecular complexity index is 1050. The third kappa shape index (κ3) is 3.53. The van der Waals surface area contributed by atoms with Gasteiger partial charge >= 0.3 is 0 Å². The molecule has 0 aliphatic rings. The molecule has 0 bridgehead atoms. The van der Waals surface area contributed by atoms with E-state index in [1.54, 1.807) is 29.5 Å². The van der Waals surface area contributed by atoms with Crippen LogP contribution >= 0.6 is 0 Å². The van der Waals surface area contributed by atoms with Gasteiger partial charge in [0.2, 0.25) is 0 Å². The molecule has 0 spiro atoms. The number of aryl methyl sites for hydroxylation is 1. The highest BCUT2D eigenvalue weighted by molar-refractivity contribution is 5.57. The van der Waals surface area contributed by atoms with E-state index >= 15 is 0 Å². The third-order valence-corrected chi connectivity index (χ3v) is 4.70. The standard InChI is InChI=1S/C20H22N8/c1-4-14(2)11-17-25-20(28(26-17)18-8-10-24-27(18)3)15-12-22-19(23-13-15)16-7-5-6-9-21-16/h5-10,12-14H,4,11H2,1-3H3. The molecule has 0 aliphatic carbocycles. The largest absolute Gasteiger partial charge is 0.253 e. The summed E-state index contributed by atoms with van der Waals surface area (Å²) in [4.78, 5) is 18.0. The summed E-state index contributed by atoms with van der Waals surface area (Å²) in [6.07, 6.45) is 8.91. The molecular formula is C20H22N8. The summed E-state index contributed by atoms with van der Waals surface area (Å²) in [7, 11) is 1.88. The Balaban J connectivity index is 1.74. The fourth-order valence-corrected chi connectivity index (χ4v) is 2.89. The first kappa shape index (κ1) is 18.0. The van der Waals surface area contributed by atoms with E-state index in [9.17, 15) is 0 Å². The van der Waals surface area contributed by atoms with Crippen LogP contribution in [-0.2, 0) is 13.5 Å². The van der Waals surface area contributed by atoms with Crippen molar-refractivity contribution in [3.63, 3.8) is 0 Å². The Morgan fingerprint density at radius 1 is 1.04 bits per heavy atom. The van der Waals surface area contributed by atoms with E-state index in [0.717, 1.165) is 35.7 Å². The van der Waals surface area contributed by atoms with Gasteiger partial charge in [-0.15, -0.1) is 5.10 Å². The van der Waals surface area contributed by atoms with Crippen molar-refractivity contribution in [2.45, 2.75) is 26.7 Å². The molecule has 1 atom stereocenters. The van der Waals surface area contributed by atoms with Crippen LogP contribution in [0.3, 0.4) is 0 Å². The highest BCUT2D eigenvalue weighted by Gasteiger charge is 2.18. The monoisotopic (exact) mass is 374 g/mol. The normalized spacial score (nSPS) is 12.2. The van der Waals surface area contributed by atoms with E-state index in [-0.39, 0.29) is 0 Å². The fraction of sp³-hybridized carbons (Fsp3) is 0.300. The van der Waals surface area contributed by atoms with Crippen molar-refractivity contribution in [1.29, 1.82) is 0 Å². The molecule has 0 saturated carbocycles. The maximum atomic E-state index is 4.78. The average molecular weight is 374 g/mol. The summed E-state index contributed by atoms with van der Waals surface area (Å²) in [6, 6.07) is 7.58. The maximum absolute atomic E-state index is 4.78. The van der Waals surface area contributed by atoms with Crippen LogP contribution < -0.4 is 0 Å². The summed E-state index contributed by atoms with van der Waals surface area (Å²) >= 11 is 0. The SMILES string of the molecule is CCC(C)Cc1nc(-c2cnc(-c3ccccn3)nc2)n(-c2ccnn2C)n1. The van der Waals surface area contributed by atoms with E-state index < -0.39 is 0 Å². The van der Waals surface area contributed by atoms with Gasteiger partial charge in [-0.1, -0.05) is 26.3 Å². The van der Waals surface area contributed by atoms with Crippen LogP contribution in [-0.4, -0.2) is 39.5 Å². The summed E-state index contributed by atoms with van der Waals surface area (Å²) in [5, 5.41) is 8.99. The van der Waals surface area contributed by atoms with Gasteiger partial charge in [-0.05, 0) is 18.1 Å². The maximum Gasteiger partial charge on any atom is 0.178 e. The summed E-state index contributed by atoms with van der Waals surface area (Å²) in [5.41, 5.74) is 1.53. The van der Waals surface area contributed by atoms with Crippen molar-refractivity contribution in [2.75, 3.05) is 0 Å². The van der Waals surface area contributed by atoms with E-state index in [0.29, 0.717) is 17.6 Å². The summed E-state index contributed by atoms with van der Waals surface area (Å²) < 4.78 is 3.58. The minimum Gasteiger partial charge on any atom is -0.253 e. The van der Waals surface area contributed by atoms with Gasteiger partial charge < -0.3 is 0 Å². The second kappa shape index (κ2) is 7.67. The van der Waals surface area contributed by atoms with Crippen LogP contribution in [0.2, 0.25) is 0 Å². The van der Waals surface area contributed by atoms with Crippen LogP contribution in [0.25, 0.3) is 28.7 Å². The molecule has 0 aliphatic heterocycles. The van der Waals surface area contributed by atoms with Crippen LogP contribution in [0.4, 0.5) is 0 Å². The predicted molar refractivity (Wildman–Crippen MR) is 106 cm³/mol. The number of hydrogen-bond acceptors (Lipinski definition) is 6. The molecule has 0 amide bonds. The molecule has 142 valence electrons. The third-order valence-electron chi connectivity index (χ3n) is 4.70. The van der Waals surface area contributed by atoms with Gasteiger partial charge in [0.05, 0.1) is 11.8 Å². The zero-order valence-corrected chi connectivity index (χ0v) is 16.2. The molecule has 0 aromatic carbocycles. The highest BCUT2D eigenvalue weighted by Crippen LogP contribution is 2.22. The fourth-order valence-electron chi connectivity index (χ4n) is 2.89. The minimum atomic E-state index is 0.512. The van der Waals surface area contributed by atoms with Crippen LogP contribution in [0.5, 0.6) is 0 Å². The Hall–Kier alpha value is -3.42. The molecule has 1 unspecified atom stereocenters. The molecule has 4 aromatic rings. The van der Waals surface area contributed by atoms with E-state index in [2.05, 4.69) is 33.9 Å². The van der Waals surface area contributed by atoms with Gasteiger partial charge in [0, 0.05) is 38.1 Å². The molecule has 0 N–H and O–H groups in total. The predicted octanol–water partition coefficient (Wildman–Crippen LogP) is 3.11. The second-order valence-electron chi connectivity index (χ2n) is 6.80. The smallest absolute Gasteiger partial charge is 0.178 e. The zero-order valence-electron chi connectivity index (χ0n) is 16.2. The molecule has 4 aromatic heterocycles. The molecular weight excluding hydrogens is 352 g/mol.